The third kappa shape index (κ3) is 5.45. The number of amides is 1. The number of hydrogen-bond acceptors (Lipinski definition) is 7. The fraction of sp³-hybridized carbons (Fsp3) is 0.433. The molecule has 2 atom stereocenters. The van der Waals surface area contributed by atoms with Gasteiger partial charge in [-0.15, -0.1) is 0 Å². The van der Waals surface area contributed by atoms with Crippen molar-refractivity contribution in [2.24, 2.45) is 5.92 Å². The summed E-state index contributed by atoms with van der Waals surface area (Å²) in [6.07, 6.45) is 4.17. The molecule has 1 amide bonds. The lowest BCUT2D eigenvalue weighted by molar-refractivity contribution is -0.127. The standard InChI is InChI=1S/C30H30F2N4O4S/c31-19-9-10-22(24(32)17-19)29-34-26(23-7-3-4-8-25(23)36-13-15-41(38,39)16-14-36)27(40-29)20-5-1-2-6-21(20)28(37)35-30(18-33)11-12-30/h3-4,7-10,17,20-21H,1-2,5-6,11-16H2,(H,35,37)/t20-,21-/m1/s1. The van der Waals surface area contributed by atoms with Crippen LogP contribution >= 0.6 is 0 Å². The molecule has 1 saturated heterocycles. The van der Waals surface area contributed by atoms with Gasteiger partial charge in [-0.1, -0.05) is 31.0 Å². The first-order valence-corrected chi connectivity index (χ1v) is 15.7. The van der Waals surface area contributed by atoms with Crippen LogP contribution in [-0.2, 0) is 14.6 Å². The van der Waals surface area contributed by atoms with Crippen LogP contribution in [0, 0.1) is 28.9 Å². The van der Waals surface area contributed by atoms with Gasteiger partial charge in [0.2, 0.25) is 11.8 Å². The number of para-hydroxylation sites is 1. The Morgan fingerprint density at radius 2 is 1.80 bits per heavy atom. The summed E-state index contributed by atoms with van der Waals surface area (Å²) >= 11 is 0. The number of aromatic nitrogens is 1. The maximum absolute atomic E-state index is 14.9. The average molecular weight is 581 g/mol. The molecule has 1 aliphatic heterocycles. The number of sulfone groups is 1. The van der Waals surface area contributed by atoms with E-state index in [-0.39, 0.29) is 34.8 Å². The third-order valence-corrected chi connectivity index (χ3v) is 10.0. The summed E-state index contributed by atoms with van der Waals surface area (Å²) in [6.45, 7) is 0.632. The molecule has 2 aromatic carbocycles. The maximum atomic E-state index is 14.9. The van der Waals surface area contributed by atoms with Gasteiger partial charge < -0.3 is 14.6 Å². The lowest BCUT2D eigenvalue weighted by atomic mass is 9.76. The van der Waals surface area contributed by atoms with E-state index in [2.05, 4.69) is 11.4 Å². The van der Waals surface area contributed by atoms with Crippen LogP contribution in [0.1, 0.15) is 50.2 Å². The van der Waals surface area contributed by atoms with Crippen molar-refractivity contribution in [2.75, 3.05) is 29.5 Å². The Morgan fingerprint density at radius 3 is 2.51 bits per heavy atom. The van der Waals surface area contributed by atoms with Gasteiger partial charge in [-0.2, -0.15) is 5.26 Å². The van der Waals surface area contributed by atoms with E-state index in [9.17, 15) is 27.3 Å². The first-order chi connectivity index (χ1) is 19.7. The van der Waals surface area contributed by atoms with E-state index in [0.29, 0.717) is 55.8 Å². The summed E-state index contributed by atoms with van der Waals surface area (Å²) in [5.41, 5.74) is 1.08. The molecule has 0 unspecified atom stereocenters. The predicted molar refractivity (Wildman–Crippen MR) is 149 cm³/mol. The molecule has 2 heterocycles. The van der Waals surface area contributed by atoms with E-state index < -0.39 is 32.9 Å². The highest BCUT2D eigenvalue weighted by Gasteiger charge is 2.47. The van der Waals surface area contributed by atoms with Gasteiger partial charge >= 0.3 is 0 Å². The number of nitrogens with one attached hydrogen (secondary N) is 1. The van der Waals surface area contributed by atoms with Crippen molar-refractivity contribution in [2.45, 2.75) is 50.0 Å². The highest BCUT2D eigenvalue weighted by Crippen LogP contribution is 2.46. The van der Waals surface area contributed by atoms with Crippen LogP contribution in [0.15, 0.2) is 46.9 Å². The van der Waals surface area contributed by atoms with Gasteiger partial charge in [-0.25, -0.2) is 22.2 Å². The van der Waals surface area contributed by atoms with Crippen LogP contribution < -0.4 is 10.2 Å². The Morgan fingerprint density at radius 1 is 1.07 bits per heavy atom. The van der Waals surface area contributed by atoms with Crippen molar-refractivity contribution in [1.82, 2.24) is 10.3 Å². The second kappa shape index (κ2) is 10.6. The summed E-state index contributed by atoms with van der Waals surface area (Å²) in [5.74, 6) is -2.13. The van der Waals surface area contributed by atoms with Crippen molar-refractivity contribution in [1.29, 1.82) is 5.26 Å². The highest BCUT2D eigenvalue weighted by atomic mass is 32.2. The monoisotopic (exact) mass is 580 g/mol. The average Bonchev–Trinajstić information content (AvgIpc) is 3.60. The molecule has 8 nitrogen and oxygen atoms in total. The number of nitrogens with zero attached hydrogens (tertiary/aromatic N) is 3. The quantitative estimate of drug-likeness (QED) is 0.438. The molecule has 2 saturated carbocycles. The lowest BCUT2D eigenvalue weighted by Gasteiger charge is -2.32. The van der Waals surface area contributed by atoms with Gasteiger partial charge in [-0.05, 0) is 43.9 Å². The maximum Gasteiger partial charge on any atom is 0.229 e. The highest BCUT2D eigenvalue weighted by molar-refractivity contribution is 7.91. The van der Waals surface area contributed by atoms with Crippen molar-refractivity contribution >= 4 is 21.4 Å². The first-order valence-electron chi connectivity index (χ1n) is 13.9. The van der Waals surface area contributed by atoms with E-state index in [1.54, 1.807) is 0 Å². The van der Waals surface area contributed by atoms with Crippen molar-refractivity contribution in [3.05, 3.63) is 59.9 Å². The zero-order chi connectivity index (χ0) is 28.8. The molecule has 2 aliphatic carbocycles. The Labute approximate surface area is 237 Å². The number of carbonyl (C=O) groups is 1. The molecule has 3 aliphatic rings. The summed E-state index contributed by atoms with van der Waals surface area (Å²) in [6, 6.07) is 12.8. The summed E-state index contributed by atoms with van der Waals surface area (Å²) in [5, 5.41) is 12.5. The van der Waals surface area contributed by atoms with Gasteiger partial charge in [0, 0.05) is 42.2 Å². The smallest absolute Gasteiger partial charge is 0.229 e. The summed E-state index contributed by atoms with van der Waals surface area (Å²) < 4.78 is 59.2. The van der Waals surface area contributed by atoms with Gasteiger partial charge in [0.25, 0.3) is 0 Å². The minimum atomic E-state index is -3.11. The lowest BCUT2D eigenvalue weighted by Crippen LogP contribution is -2.42. The summed E-state index contributed by atoms with van der Waals surface area (Å²) in [4.78, 5) is 20.2. The first kappa shape index (κ1) is 27.4. The van der Waals surface area contributed by atoms with Gasteiger partial charge in [-0.3, -0.25) is 4.79 Å². The summed E-state index contributed by atoms with van der Waals surface area (Å²) in [7, 11) is -3.11. The molecule has 1 aromatic heterocycles. The zero-order valence-corrected chi connectivity index (χ0v) is 23.2. The van der Waals surface area contributed by atoms with Gasteiger partial charge in [0.1, 0.15) is 28.6 Å². The van der Waals surface area contributed by atoms with Crippen molar-refractivity contribution in [3.63, 3.8) is 0 Å². The number of halogens is 2. The number of carbonyl (C=O) groups excluding carboxylic acids is 1. The van der Waals surface area contributed by atoms with Crippen molar-refractivity contribution < 1.29 is 26.4 Å². The minimum Gasteiger partial charge on any atom is -0.440 e. The number of oxazole rings is 1. The molecular weight excluding hydrogens is 550 g/mol. The molecule has 11 heteroatoms. The molecule has 0 radical (unpaired) electrons. The molecule has 3 aromatic rings. The molecule has 41 heavy (non-hydrogen) atoms. The van der Waals surface area contributed by atoms with Crippen LogP contribution in [0.3, 0.4) is 0 Å². The topological polar surface area (TPSA) is 116 Å². The van der Waals surface area contributed by atoms with E-state index in [0.717, 1.165) is 30.7 Å². The normalized spacial score (nSPS) is 23.0. The second-order valence-corrected chi connectivity index (χ2v) is 13.5. The molecular formula is C30H30F2N4O4S. The largest absolute Gasteiger partial charge is 0.440 e. The number of rotatable bonds is 6. The Bertz CT molecular complexity index is 1630. The van der Waals surface area contributed by atoms with Gasteiger partial charge in [0.05, 0.1) is 23.1 Å². The van der Waals surface area contributed by atoms with Gasteiger partial charge in [0.15, 0.2) is 9.84 Å². The second-order valence-electron chi connectivity index (χ2n) is 11.2. The molecule has 3 fully saturated rings. The molecule has 0 bridgehead atoms. The fourth-order valence-electron chi connectivity index (χ4n) is 5.93. The molecule has 214 valence electrons. The van der Waals surface area contributed by atoms with Crippen molar-refractivity contribution in [3.8, 4) is 28.8 Å². The molecule has 1 N–H and O–H groups in total. The Hall–Kier alpha value is -3.78. The third-order valence-electron chi connectivity index (χ3n) is 8.43. The Kier molecular flexibility index (Phi) is 7.06. The molecule has 6 rings (SSSR count). The number of benzene rings is 2. The van der Waals surface area contributed by atoms with Crippen LogP contribution in [-0.4, -0.2) is 49.4 Å². The predicted octanol–water partition coefficient (Wildman–Crippen LogP) is 4.97. The zero-order valence-electron chi connectivity index (χ0n) is 22.4. The van der Waals surface area contributed by atoms with Crippen LogP contribution in [0.2, 0.25) is 0 Å². The minimum absolute atomic E-state index is 0.00123. The number of nitriles is 1. The van der Waals surface area contributed by atoms with E-state index in [4.69, 9.17) is 9.40 Å². The van der Waals surface area contributed by atoms with Crippen LogP contribution in [0.4, 0.5) is 14.5 Å². The van der Waals surface area contributed by atoms with E-state index in [1.807, 2.05) is 29.2 Å². The Balaban J connectivity index is 1.45. The fourth-order valence-corrected chi connectivity index (χ4v) is 7.14. The number of anilines is 1. The van der Waals surface area contributed by atoms with Crippen LogP contribution in [0.25, 0.3) is 22.7 Å². The van der Waals surface area contributed by atoms with E-state index >= 15 is 0 Å². The van der Waals surface area contributed by atoms with Crippen LogP contribution in [0.5, 0.6) is 0 Å². The van der Waals surface area contributed by atoms with E-state index in [1.165, 1.54) is 6.07 Å². The molecule has 0 spiro atoms. The SMILES string of the molecule is N#CC1(NC(=O)[C@@H]2CCCC[C@H]2c2oc(-c3ccc(F)cc3F)nc2-c2ccccc2N2CCS(=O)(=O)CC2)CC1. The number of hydrogen-bond donors (Lipinski definition) is 1.